The maximum atomic E-state index is 4.63. The van der Waals surface area contributed by atoms with Crippen molar-refractivity contribution in [1.29, 1.82) is 0 Å². The molecule has 0 N–H and O–H groups in total. The maximum Gasteiger partial charge on any atom is 0.133 e. The van der Waals surface area contributed by atoms with Crippen LogP contribution in [0.25, 0.3) is 0 Å². The Kier molecular flexibility index (Phi) is 2.42. The second-order valence-corrected chi connectivity index (χ2v) is 2.51. The minimum absolute atomic E-state index is 0.739. The van der Waals surface area contributed by atoms with Crippen LogP contribution in [0.2, 0.25) is 0 Å². The van der Waals surface area contributed by atoms with Gasteiger partial charge in [0.1, 0.15) is 18.5 Å². The Labute approximate surface area is 71.0 Å². The van der Waals surface area contributed by atoms with Gasteiger partial charge in [-0.25, -0.2) is 0 Å². The number of rotatable bonds is 2. The van der Waals surface area contributed by atoms with Crippen LogP contribution < -0.4 is 0 Å². The van der Waals surface area contributed by atoms with Gasteiger partial charge in [0.05, 0.1) is 5.69 Å². The van der Waals surface area contributed by atoms with E-state index < -0.39 is 0 Å². The van der Waals surface area contributed by atoms with Crippen LogP contribution in [0.5, 0.6) is 0 Å². The third-order valence-electron chi connectivity index (χ3n) is 1.68. The number of hydrogen-bond donors (Lipinski definition) is 0. The Balaban J connectivity index is 3.03. The Bertz CT molecular complexity index is 302. The average Bonchev–Trinajstić information content (AvgIpc) is 2.34. The Morgan fingerprint density at radius 2 is 2.25 bits per heavy atom. The molecule has 1 aromatic heterocycles. The molecular weight excluding hydrogens is 156 g/mol. The van der Waals surface area contributed by atoms with E-state index in [1.165, 1.54) is 7.11 Å². The van der Waals surface area contributed by atoms with Crippen LogP contribution in [-0.2, 0) is 11.9 Å². The van der Waals surface area contributed by atoms with E-state index in [0.29, 0.717) is 0 Å². The molecule has 12 heavy (non-hydrogen) atoms. The first-order valence-corrected chi connectivity index (χ1v) is 3.61. The molecule has 0 saturated heterocycles. The van der Waals surface area contributed by atoms with Crippen molar-refractivity contribution >= 4 is 5.71 Å². The first-order chi connectivity index (χ1) is 5.66. The molecule has 0 aromatic carbocycles. The van der Waals surface area contributed by atoms with Crippen LogP contribution >= 0.6 is 0 Å². The van der Waals surface area contributed by atoms with Crippen molar-refractivity contribution in [2.45, 2.75) is 13.8 Å². The van der Waals surface area contributed by atoms with Gasteiger partial charge in [0.15, 0.2) is 0 Å². The highest BCUT2D eigenvalue weighted by molar-refractivity contribution is 5.97. The number of hydrogen-bond acceptors (Lipinski definition) is 4. The second-order valence-electron chi connectivity index (χ2n) is 2.51. The molecule has 0 spiro atoms. The van der Waals surface area contributed by atoms with Crippen molar-refractivity contribution < 1.29 is 4.84 Å². The first-order valence-electron chi connectivity index (χ1n) is 3.61. The second kappa shape index (κ2) is 3.34. The third-order valence-corrected chi connectivity index (χ3v) is 1.68. The van der Waals surface area contributed by atoms with E-state index in [0.717, 1.165) is 17.1 Å². The van der Waals surface area contributed by atoms with E-state index in [2.05, 4.69) is 20.3 Å². The molecule has 0 bridgehead atoms. The molecule has 0 aliphatic carbocycles. The van der Waals surface area contributed by atoms with Crippen molar-refractivity contribution in [2.75, 3.05) is 7.11 Å². The van der Waals surface area contributed by atoms with Gasteiger partial charge in [0, 0.05) is 7.05 Å². The summed E-state index contributed by atoms with van der Waals surface area (Å²) in [5.41, 5.74) is 2.50. The zero-order chi connectivity index (χ0) is 9.14. The summed E-state index contributed by atoms with van der Waals surface area (Å²) in [4.78, 5) is 4.63. The molecule has 1 heterocycles. The van der Waals surface area contributed by atoms with Crippen LogP contribution in [0.3, 0.4) is 0 Å². The van der Waals surface area contributed by atoms with Crippen molar-refractivity contribution in [3.05, 3.63) is 11.4 Å². The summed E-state index contributed by atoms with van der Waals surface area (Å²) in [6.07, 6.45) is 0. The highest BCUT2D eigenvalue weighted by Crippen LogP contribution is 2.03. The minimum atomic E-state index is 0.739. The summed E-state index contributed by atoms with van der Waals surface area (Å²) < 4.78 is 1.70. The van der Waals surface area contributed by atoms with Gasteiger partial charge in [-0.1, -0.05) is 10.4 Å². The van der Waals surface area contributed by atoms with Crippen molar-refractivity contribution in [1.82, 2.24) is 15.0 Å². The fourth-order valence-corrected chi connectivity index (χ4v) is 0.919. The molecule has 1 rings (SSSR count). The molecular formula is C7H12N4O. The third kappa shape index (κ3) is 1.44. The van der Waals surface area contributed by atoms with Crippen molar-refractivity contribution in [3.63, 3.8) is 0 Å². The monoisotopic (exact) mass is 168 g/mol. The van der Waals surface area contributed by atoms with E-state index >= 15 is 0 Å². The smallest absolute Gasteiger partial charge is 0.133 e. The lowest BCUT2D eigenvalue weighted by Gasteiger charge is -1.95. The Morgan fingerprint density at radius 3 is 2.67 bits per heavy atom. The zero-order valence-electron chi connectivity index (χ0n) is 7.70. The summed E-state index contributed by atoms with van der Waals surface area (Å²) in [5.74, 6) is 0. The Morgan fingerprint density at radius 1 is 1.58 bits per heavy atom. The molecule has 0 aliphatic heterocycles. The van der Waals surface area contributed by atoms with Crippen LogP contribution in [0.1, 0.15) is 18.3 Å². The van der Waals surface area contributed by atoms with E-state index in [1.807, 2.05) is 20.9 Å². The van der Waals surface area contributed by atoms with Crippen LogP contribution in [-0.4, -0.2) is 27.8 Å². The van der Waals surface area contributed by atoms with Crippen LogP contribution in [0, 0.1) is 6.92 Å². The molecule has 66 valence electrons. The summed E-state index contributed by atoms with van der Waals surface area (Å²) >= 11 is 0. The van der Waals surface area contributed by atoms with E-state index in [4.69, 9.17) is 0 Å². The first kappa shape index (κ1) is 8.70. The van der Waals surface area contributed by atoms with Gasteiger partial charge in [-0.3, -0.25) is 4.68 Å². The molecule has 0 aliphatic rings. The normalized spacial score (nSPS) is 11.8. The van der Waals surface area contributed by atoms with Crippen LogP contribution in [0.15, 0.2) is 5.16 Å². The summed E-state index contributed by atoms with van der Waals surface area (Å²) in [6.45, 7) is 3.77. The average molecular weight is 168 g/mol. The predicted molar refractivity (Wildman–Crippen MR) is 45.0 cm³/mol. The fraction of sp³-hybridized carbons (Fsp3) is 0.571. The highest BCUT2D eigenvalue weighted by atomic mass is 16.6. The van der Waals surface area contributed by atoms with E-state index in [9.17, 15) is 0 Å². The minimum Gasteiger partial charge on any atom is -0.399 e. The van der Waals surface area contributed by atoms with Gasteiger partial charge in [-0.2, -0.15) is 0 Å². The molecule has 0 unspecified atom stereocenters. The van der Waals surface area contributed by atoms with Gasteiger partial charge in [-0.05, 0) is 13.8 Å². The number of nitrogens with zero attached hydrogens (tertiary/aromatic N) is 4. The number of aromatic nitrogens is 3. The molecule has 0 saturated carbocycles. The van der Waals surface area contributed by atoms with Gasteiger partial charge in [0.25, 0.3) is 0 Å². The largest absolute Gasteiger partial charge is 0.399 e. The van der Waals surface area contributed by atoms with Crippen LogP contribution in [0.4, 0.5) is 0 Å². The SMILES string of the molecule is CO/N=C(\C)c1nnn(C)c1C. The molecule has 0 amide bonds. The van der Waals surface area contributed by atoms with Crippen molar-refractivity contribution in [3.8, 4) is 0 Å². The van der Waals surface area contributed by atoms with Gasteiger partial charge in [-0.15, -0.1) is 5.10 Å². The molecule has 5 heteroatoms. The van der Waals surface area contributed by atoms with Gasteiger partial charge >= 0.3 is 0 Å². The zero-order valence-corrected chi connectivity index (χ0v) is 7.70. The molecule has 0 radical (unpaired) electrons. The topological polar surface area (TPSA) is 52.3 Å². The van der Waals surface area contributed by atoms with Gasteiger partial charge < -0.3 is 4.84 Å². The van der Waals surface area contributed by atoms with Gasteiger partial charge in [0.2, 0.25) is 0 Å². The molecule has 0 atom stereocenters. The number of aryl methyl sites for hydroxylation is 1. The predicted octanol–water partition coefficient (Wildman–Crippen LogP) is 0.494. The highest BCUT2D eigenvalue weighted by Gasteiger charge is 2.08. The lowest BCUT2D eigenvalue weighted by atomic mass is 10.2. The van der Waals surface area contributed by atoms with Crippen molar-refractivity contribution in [2.24, 2.45) is 12.2 Å². The fourth-order valence-electron chi connectivity index (χ4n) is 0.919. The maximum absolute atomic E-state index is 4.63. The summed E-state index contributed by atoms with van der Waals surface area (Å²) in [5, 5.41) is 11.6. The van der Waals surface area contributed by atoms with E-state index in [-0.39, 0.29) is 0 Å². The lowest BCUT2D eigenvalue weighted by molar-refractivity contribution is 0.213. The standard InChI is InChI=1S/C7H12N4O/c1-5(9-12-4)7-6(2)11(3)10-8-7/h1-4H3/b9-5+. The number of oxime groups is 1. The Hall–Kier alpha value is -1.39. The molecule has 1 aromatic rings. The molecule has 5 nitrogen and oxygen atoms in total. The van der Waals surface area contributed by atoms with E-state index in [1.54, 1.807) is 4.68 Å². The summed E-state index contributed by atoms with van der Waals surface area (Å²) in [7, 11) is 3.35. The molecule has 0 fully saturated rings. The summed E-state index contributed by atoms with van der Waals surface area (Å²) in [6, 6.07) is 0. The quantitative estimate of drug-likeness (QED) is 0.477. The lowest BCUT2D eigenvalue weighted by Crippen LogP contribution is -2.00.